The van der Waals surface area contributed by atoms with Gasteiger partial charge in [0.2, 0.25) is 5.91 Å². The van der Waals surface area contributed by atoms with E-state index in [-0.39, 0.29) is 11.8 Å². The number of carbonyl (C=O) groups is 2. The molecule has 46 heavy (non-hydrogen) atoms. The van der Waals surface area contributed by atoms with Gasteiger partial charge in [-0.2, -0.15) is 0 Å². The predicted octanol–water partition coefficient (Wildman–Crippen LogP) is 6.81. The van der Waals surface area contributed by atoms with Crippen molar-refractivity contribution < 1.29 is 14.3 Å². The number of anilines is 1. The Balaban J connectivity index is 1.21. The number of methoxy groups -OCH3 is 1. The van der Waals surface area contributed by atoms with Crippen molar-refractivity contribution in [2.45, 2.75) is 59.0 Å². The van der Waals surface area contributed by atoms with Crippen LogP contribution >= 0.6 is 0 Å². The fraction of sp³-hybridized carbons (Fsp3) is 0.405. The van der Waals surface area contributed by atoms with Gasteiger partial charge in [-0.3, -0.25) is 9.59 Å². The summed E-state index contributed by atoms with van der Waals surface area (Å²) in [6.07, 6.45) is 4.73. The van der Waals surface area contributed by atoms with E-state index in [1.165, 1.54) is 26.2 Å². The average molecular weight is 617 g/mol. The van der Waals surface area contributed by atoms with Crippen molar-refractivity contribution in [1.82, 2.24) is 24.0 Å². The number of ether oxygens (including phenoxy) is 1. The maximum atomic E-state index is 13.8. The number of hydrogen-bond acceptors (Lipinski definition) is 5. The zero-order valence-corrected chi connectivity index (χ0v) is 27.1. The smallest absolute Gasteiger partial charge is 0.254 e. The number of rotatable bonds is 7. The van der Waals surface area contributed by atoms with Gasteiger partial charge in [-0.1, -0.05) is 13.0 Å². The molecule has 0 spiro atoms. The third kappa shape index (κ3) is 4.66. The second kappa shape index (κ2) is 10.7. The number of imidazole rings is 1. The Hall–Kier alpha value is -4.66. The lowest BCUT2D eigenvalue weighted by Gasteiger charge is -2.27. The number of likely N-dealkylation sites (tertiary alicyclic amines) is 1. The summed E-state index contributed by atoms with van der Waals surface area (Å²) >= 11 is 0. The van der Waals surface area contributed by atoms with E-state index in [0.717, 1.165) is 75.6 Å². The highest BCUT2D eigenvalue weighted by Gasteiger charge is 2.46. The molecule has 4 heterocycles. The van der Waals surface area contributed by atoms with Crippen LogP contribution in [0, 0.1) is 24.7 Å². The molecule has 9 heteroatoms. The highest BCUT2D eigenvalue weighted by molar-refractivity contribution is 6.00. The minimum atomic E-state index is -0.0902. The average Bonchev–Trinajstić information content (AvgIpc) is 3.44. The van der Waals surface area contributed by atoms with Crippen molar-refractivity contribution in [3.63, 3.8) is 0 Å². The maximum absolute atomic E-state index is 13.8. The number of fused-ring (bicyclic) bond motifs is 4. The molecule has 1 N–H and O–H groups in total. The van der Waals surface area contributed by atoms with E-state index in [1.807, 2.05) is 44.3 Å². The van der Waals surface area contributed by atoms with Crippen LogP contribution in [0.15, 0.2) is 48.5 Å². The maximum Gasteiger partial charge on any atom is 0.254 e. The van der Waals surface area contributed by atoms with Gasteiger partial charge in [0.1, 0.15) is 16.9 Å². The Kier molecular flexibility index (Phi) is 6.70. The quantitative estimate of drug-likeness (QED) is 0.217. The SMILES string of the molecule is COc1cc(C(=O)N2CC3CCC2[C@@H]3C)cc2nc(-c3cc4ccc(-c5ccc(NC(C)=O)cc5C)nc4n3CC3CC3)n(C)c12. The number of hydrogen-bond donors (Lipinski definition) is 1. The van der Waals surface area contributed by atoms with E-state index >= 15 is 0 Å². The molecule has 9 nitrogen and oxygen atoms in total. The first-order chi connectivity index (χ1) is 22.2. The van der Waals surface area contributed by atoms with Crippen LogP contribution in [0.1, 0.15) is 55.5 Å². The van der Waals surface area contributed by atoms with E-state index in [0.29, 0.717) is 35.1 Å². The van der Waals surface area contributed by atoms with Crippen molar-refractivity contribution in [2.75, 3.05) is 19.0 Å². The second-order valence-corrected chi connectivity index (χ2v) is 13.7. The van der Waals surface area contributed by atoms with Crippen LogP contribution < -0.4 is 10.1 Å². The number of piperidine rings is 1. The fourth-order valence-corrected chi connectivity index (χ4v) is 7.97. The first-order valence-electron chi connectivity index (χ1n) is 16.4. The van der Waals surface area contributed by atoms with Crippen molar-refractivity contribution in [3.05, 3.63) is 59.7 Å². The highest BCUT2D eigenvalue weighted by Crippen LogP contribution is 2.44. The second-order valence-electron chi connectivity index (χ2n) is 13.7. The minimum Gasteiger partial charge on any atom is -0.494 e. The number of carbonyl (C=O) groups excluding carboxylic acids is 2. The summed E-state index contributed by atoms with van der Waals surface area (Å²) in [5, 5.41) is 3.92. The lowest BCUT2D eigenvalue weighted by Crippen LogP contribution is -2.38. The Labute approximate surface area is 268 Å². The van der Waals surface area contributed by atoms with Gasteiger partial charge in [-0.05, 0) is 98.4 Å². The number of nitrogens with zero attached hydrogens (tertiary/aromatic N) is 5. The predicted molar refractivity (Wildman–Crippen MR) is 180 cm³/mol. The number of aromatic nitrogens is 4. The van der Waals surface area contributed by atoms with Crippen molar-refractivity contribution in [2.24, 2.45) is 24.8 Å². The molecule has 1 aliphatic heterocycles. The van der Waals surface area contributed by atoms with Crippen molar-refractivity contribution in [1.29, 1.82) is 0 Å². The number of amides is 2. The molecule has 3 atom stereocenters. The van der Waals surface area contributed by atoms with Crippen LogP contribution in [0.25, 0.3) is 44.8 Å². The number of aryl methyl sites for hydroxylation is 2. The third-order valence-electron chi connectivity index (χ3n) is 10.6. The van der Waals surface area contributed by atoms with Gasteiger partial charge in [-0.25, -0.2) is 9.97 Å². The molecule has 1 saturated heterocycles. The lowest BCUT2D eigenvalue weighted by atomic mass is 10.0. The third-order valence-corrected chi connectivity index (χ3v) is 10.6. The Morgan fingerprint density at radius 1 is 1.02 bits per heavy atom. The fourth-order valence-electron chi connectivity index (χ4n) is 7.97. The molecule has 236 valence electrons. The van der Waals surface area contributed by atoms with E-state index < -0.39 is 0 Å². The minimum absolute atomic E-state index is 0.0754. The summed E-state index contributed by atoms with van der Waals surface area (Å²) in [7, 11) is 3.68. The molecule has 8 rings (SSSR count). The Bertz CT molecular complexity index is 2050. The van der Waals surface area contributed by atoms with Crippen LogP contribution in [0.4, 0.5) is 5.69 Å². The molecular weight excluding hydrogens is 576 g/mol. The molecule has 0 radical (unpaired) electrons. The molecule has 3 aliphatic rings. The van der Waals surface area contributed by atoms with Gasteiger partial charge in [-0.15, -0.1) is 0 Å². The zero-order chi connectivity index (χ0) is 31.9. The van der Waals surface area contributed by atoms with E-state index in [1.54, 1.807) is 7.11 Å². The molecule has 2 saturated carbocycles. The van der Waals surface area contributed by atoms with Gasteiger partial charge in [0.15, 0.2) is 5.82 Å². The van der Waals surface area contributed by atoms with Gasteiger partial charge >= 0.3 is 0 Å². The largest absolute Gasteiger partial charge is 0.494 e. The van der Waals surface area contributed by atoms with E-state index in [9.17, 15) is 9.59 Å². The topological polar surface area (TPSA) is 94.3 Å². The van der Waals surface area contributed by atoms with Gasteiger partial charge in [0.05, 0.1) is 24.0 Å². The Morgan fingerprint density at radius 2 is 1.85 bits per heavy atom. The summed E-state index contributed by atoms with van der Waals surface area (Å²) in [6, 6.07) is 16.5. The first kappa shape index (κ1) is 28.8. The molecule has 2 aliphatic carbocycles. The molecule has 5 aromatic rings. The summed E-state index contributed by atoms with van der Waals surface area (Å²) in [5.41, 5.74) is 7.94. The van der Waals surface area contributed by atoms with Gasteiger partial charge in [0.25, 0.3) is 5.91 Å². The molecular formula is C37H40N6O3. The van der Waals surface area contributed by atoms with E-state index in [4.69, 9.17) is 14.7 Å². The first-order valence-corrected chi connectivity index (χ1v) is 16.4. The van der Waals surface area contributed by atoms with Crippen LogP contribution in [0.2, 0.25) is 0 Å². The molecule has 2 amide bonds. The van der Waals surface area contributed by atoms with E-state index in [2.05, 4.69) is 44.5 Å². The standard InChI is InChI=1S/C37H40N6O3/c1-20-14-27(38-22(3)44)10-11-28(20)29-12-8-24-16-32(42(35(24)39-29)18-23-6-7-23)36-40-30-15-26(17-33(46-5)34(30)41(36)4)37(45)43-19-25-9-13-31(43)21(25)2/h8,10-12,14-17,21,23,25,31H,6-7,9,13,18-19H2,1-5H3,(H,38,44)/t21-,25?,31?/m1/s1. The van der Waals surface area contributed by atoms with Crippen LogP contribution in [0.5, 0.6) is 5.75 Å². The van der Waals surface area contributed by atoms with Gasteiger partial charge in [0, 0.05) is 55.3 Å². The number of benzene rings is 2. The zero-order valence-electron chi connectivity index (χ0n) is 27.1. The number of pyridine rings is 1. The van der Waals surface area contributed by atoms with Gasteiger partial charge < -0.3 is 24.1 Å². The van der Waals surface area contributed by atoms with Crippen LogP contribution in [-0.2, 0) is 18.4 Å². The summed E-state index contributed by atoms with van der Waals surface area (Å²) in [6.45, 7) is 7.56. The lowest BCUT2D eigenvalue weighted by molar-refractivity contribution is -0.114. The van der Waals surface area contributed by atoms with Crippen LogP contribution in [0.3, 0.4) is 0 Å². The normalized spacial score (nSPS) is 20.6. The van der Waals surface area contributed by atoms with Crippen molar-refractivity contribution >= 4 is 39.6 Å². The molecule has 2 unspecified atom stereocenters. The molecule has 2 bridgehead atoms. The monoisotopic (exact) mass is 616 g/mol. The van der Waals surface area contributed by atoms with Crippen molar-refractivity contribution in [3.8, 4) is 28.5 Å². The summed E-state index contributed by atoms with van der Waals surface area (Å²) in [4.78, 5) is 37.8. The Morgan fingerprint density at radius 3 is 2.52 bits per heavy atom. The summed E-state index contributed by atoms with van der Waals surface area (Å²) < 4.78 is 10.3. The molecule has 3 fully saturated rings. The molecule has 2 aromatic carbocycles. The van der Waals surface area contributed by atoms with Crippen LogP contribution in [-0.4, -0.2) is 55.5 Å². The summed E-state index contributed by atoms with van der Waals surface area (Å²) in [5.74, 6) is 3.25. The highest BCUT2D eigenvalue weighted by atomic mass is 16.5. The number of nitrogens with one attached hydrogen (secondary N) is 1. The molecule has 3 aromatic heterocycles.